The van der Waals surface area contributed by atoms with Gasteiger partial charge in [0.05, 0.1) is 0 Å². The van der Waals surface area contributed by atoms with Crippen LogP contribution in [0.25, 0.3) is 0 Å². The van der Waals surface area contributed by atoms with Crippen molar-refractivity contribution >= 4 is 15.9 Å². The minimum atomic E-state index is 0.589. The molecule has 1 nitrogen and oxygen atoms in total. The molecule has 76 valence electrons. The molecular weight excluding hydrogens is 238 g/mol. The van der Waals surface area contributed by atoms with Gasteiger partial charge in [-0.3, -0.25) is 0 Å². The number of benzene rings is 1. The third-order valence-electron chi connectivity index (χ3n) is 2.73. The van der Waals surface area contributed by atoms with Gasteiger partial charge in [0.1, 0.15) is 0 Å². The Kier molecular flexibility index (Phi) is 3.24. The molecule has 0 heterocycles. The topological polar surface area (TPSA) is 12.0 Å². The first kappa shape index (κ1) is 10.2. The van der Waals surface area contributed by atoms with Crippen molar-refractivity contribution in [3.8, 4) is 0 Å². The van der Waals surface area contributed by atoms with E-state index in [2.05, 4.69) is 52.4 Å². The summed E-state index contributed by atoms with van der Waals surface area (Å²) >= 11 is 3.59. The van der Waals surface area contributed by atoms with Gasteiger partial charge in [0, 0.05) is 17.1 Å². The van der Waals surface area contributed by atoms with E-state index in [4.69, 9.17) is 0 Å². The molecule has 0 spiro atoms. The predicted octanol–water partition coefficient (Wildman–Crippen LogP) is 3.30. The van der Waals surface area contributed by atoms with Crippen LogP contribution in [0.5, 0.6) is 0 Å². The van der Waals surface area contributed by atoms with Crippen molar-refractivity contribution in [3.05, 3.63) is 34.3 Å². The Bertz CT molecular complexity index is 307. The Hall–Kier alpha value is -0.340. The van der Waals surface area contributed by atoms with E-state index >= 15 is 0 Å². The highest BCUT2D eigenvalue weighted by atomic mass is 79.9. The summed E-state index contributed by atoms with van der Waals surface area (Å²) in [5.74, 6) is 0.589. The fourth-order valence-corrected chi connectivity index (χ4v) is 2.29. The Morgan fingerprint density at radius 3 is 2.79 bits per heavy atom. The van der Waals surface area contributed by atoms with E-state index < -0.39 is 0 Å². The zero-order valence-electron chi connectivity index (χ0n) is 8.46. The molecule has 2 rings (SSSR count). The van der Waals surface area contributed by atoms with E-state index in [1.165, 1.54) is 22.9 Å². The molecule has 0 aliphatic heterocycles. The van der Waals surface area contributed by atoms with Crippen molar-refractivity contribution in [1.82, 2.24) is 5.32 Å². The van der Waals surface area contributed by atoms with Gasteiger partial charge < -0.3 is 5.32 Å². The van der Waals surface area contributed by atoms with Gasteiger partial charge in [-0.2, -0.15) is 0 Å². The van der Waals surface area contributed by atoms with E-state index in [-0.39, 0.29) is 0 Å². The van der Waals surface area contributed by atoms with Gasteiger partial charge in [-0.1, -0.05) is 41.1 Å². The number of hydrogen-bond donors (Lipinski definition) is 1. The maximum atomic E-state index is 3.59. The average molecular weight is 254 g/mol. The number of rotatable bonds is 4. The summed E-state index contributed by atoms with van der Waals surface area (Å²) in [4.78, 5) is 0. The van der Waals surface area contributed by atoms with E-state index in [9.17, 15) is 0 Å². The molecule has 1 fully saturated rings. The summed E-state index contributed by atoms with van der Waals surface area (Å²) in [6, 6.07) is 9.29. The highest BCUT2D eigenvalue weighted by Gasteiger charge is 2.21. The monoisotopic (exact) mass is 253 g/mol. The van der Waals surface area contributed by atoms with Crippen LogP contribution in [0.2, 0.25) is 0 Å². The second-order valence-electron chi connectivity index (χ2n) is 4.11. The fourth-order valence-electron chi connectivity index (χ4n) is 1.62. The average Bonchev–Trinajstić information content (AvgIpc) is 2.98. The van der Waals surface area contributed by atoms with Gasteiger partial charge in [-0.05, 0) is 30.4 Å². The molecule has 1 aromatic rings. The molecule has 0 saturated heterocycles. The molecule has 1 N–H and O–H groups in total. The number of nitrogens with one attached hydrogen (secondary N) is 1. The van der Waals surface area contributed by atoms with Gasteiger partial charge >= 0.3 is 0 Å². The number of hydrogen-bond acceptors (Lipinski definition) is 1. The highest BCUT2D eigenvalue weighted by molar-refractivity contribution is 9.10. The van der Waals surface area contributed by atoms with Crippen LogP contribution in [0.1, 0.15) is 31.2 Å². The zero-order valence-corrected chi connectivity index (χ0v) is 10.0. The molecule has 1 unspecified atom stereocenters. The van der Waals surface area contributed by atoms with Crippen molar-refractivity contribution in [2.24, 2.45) is 0 Å². The molecule has 0 aromatic heterocycles. The summed E-state index contributed by atoms with van der Waals surface area (Å²) in [7, 11) is 0. The van der Waals surface area contributed by atoms with Crippen LogP contribution in [0.4, 0.5) is 0 Å². The maximum Gasteiger partial charge on any atom is 0.0210 e. The van der Waals surface area contributed by atoms with E-state index in [1.807, 2.05) is 0 Å². The van der Waals surface area contributed by atoms with Crippen LogP contribution < -0.4 is 5.32 Å². The molecule has 0 bridgehead atoms. The fraction of sp³-hybridized carbons (Fsp3) is 0.500. The minimum absolute atomic E-state index is 0.589. The molecule has 0 radical (unpaired) electrons. The van der Waals surface area contributed by atoms with Crippen LogP contribution >= 0.6 is 15.9 Å². The lowest BCUT2D eigenvalue weighted by molar-refractivity contribution is 0.610. The third kappa shape index (κ3) is 2.58. The zero-order chi connectivity index (χ0) is 9.97. The van der Waals surface area contributed by atoms with E-state index in [0.29, 0.717) is 5.92 Å². The van der Waals surface area contributed by atoms with E-state index in [1.54, 1.807) is 0 Å². The smallest absolute Gasteiger partial charge is 0.0210 e. The molecule has 2 heteroatoms. The highest BCUT2D eigenvalue weighted by Crippen LogP contribution is 2.25. The van der Waals surface area contributed by atoms with Crippen LogP contribution in [-0.4, -0.2) is 12.6 Å². The summed E-state index contributed by atoms with van der Waals surface area (Å²) in [6.45, 7) is 3.36. The first-order valence-corrected chi connectivity index (χ1v) is 6.04. The molecule has 1 aliphatic rings. The first-order chi connectivity index (χ1) is 6.77. The second-order valence-corrected chi connectivity index (χ2v) is 4.96. The standard InChI is InChI=1S/C12H16BrN/c1-9(8-14-10-6-7-10)11-4-2-3-5-12(11)13/h2-5,9-10,14H,6-8H2,1H3. The molecule has 1 atom stereocenters. The van der Waals surface area contributed by atoms with Gasteiger partial charge in [0.25, 0.3) is 0 Å². The molecular formula is C12H16BrN. The van der Waals surface area contributed by atoms with Crippen LogP contribution in [0, 0.1) is 0 Å². The Balaban J connectivity index is 1.95. The third-order valence-corrected chi connectivity index (χ3v) is 3.45. The van der Waals surface area contributed by atoms with E-state index in [0.717, 1.165) is 12.6 Å². The van der Waals surface area contributed by atoms with Crippen molar-refractivity contribution < 1.29 is 0 Å². The van der Waals surface area contributed by atoms with Crippen molar-refractivity contribution in [2.75, 3.05) is 6.54 Å². The lowest BCUT2D eigenvalue weighted by atomic mass is 10.0. The first-order valence-electron chi connectivity index (χ1n) is 5.25. The molecule has 1 saturated carbocycles. The molecule has 1 aromatic carbocycles. The van der Waals surface area contributed by atoms with Gasteiger partial charge in [0.2, 0.25) is 0 Å². The number of halogens is 1. The SMILES string of the molecule is CC(CNC1CC1)c1ccccc1Br. The molecule has 0 amide bonds. The Labute approximate surface area is 94.0 Å². The lowest BCUT2D eigenvalue weighted by Crippen LogP contribution is -2.22. The van der Waals surface area contributed by atoms with Crippen LogP contribution in [-0.2, 0) is 0 Å². The van der Waals surface area contributed by atoms with Gasteiger partial charge in [-0.25, -0.2) is 0 Å². The quantitative estimate of drug-likeness (QED) is 0.869. The van der Waals surface area contributed by atoms with Crippen molar-refractivity contribution in [1.29, 1.82) is 0 Å². The maximum absolute atomic E-state index is 3.59. The predicted molar refractivity (Wildman–Crippen MR) is 63.6 cm³/mol. The van der Waals surface area contributed by atoms with Crippen LogP contribution in [0.15, 0.2) is 28.7 Å². The summed E-state index contributed by atoms with van der Waals surface area (Å²) in [5.41, 5.74) is 1.40. The summed E-state index contributed by atoms with van der Waals surface area (Å²) < 4.78 is 1.23. The van der Waals surface area contributed by atoms with Crippen LogP contribution in [0.3, 0.4) is 0 Å². The molecule has 1 aliphatic carbocycles. The minimum Gasteiger partial charge on any atom is -0.313 e. The second kappa shape index (κ2) is 4.45. The summed E-state index contributed by atoms with van der Waals surface area (Å²) in [6.07, 6.45) is 2.73. The normalized spacial score (nSPS) is 18.1. The Morgan fingerprint density at radius 2 is 2.14 bits per heavy atom. The Morgan fingerprint density at radius 1 is 1.43 bits per heavy atom. The molecule has 14 heavy (non-hydrogen) atoms. The van der Waals surface area contributed by atoms with Crippen molar-refractivity contribution in [2.45, 2.75) is 31.7 Å². The largest absolute Gasteiger partial charge is 0.313 e. The van der Waals surface area contributed by atoms with Gasteiger partial charge in [0.15, 0.2) is 0 Å². The summed E-state index contributed by atoms with van der Waals surface area (Å²) in [5, 5.41) is 3.56. The van der Waals surface area contributed by atoms with Gasteiger partial charge in [-0.15, -0.1) is 0 Å². The van der Waals surface area contributed by atoms with Crippen molar-refractivity contribution in [3.63, 3.8) is 0 Å². The lowest BCUT2D eigenvalue weighted by Gasteiger charge is -2.14.